The first-order valence-electron chi connectivity index (χ1n) is 5.46. The van der Waals surface area contributed by atoms with E-state index in [1.54, 1.807) is 48.5 Å². The second-order valence-electron chi connectivity index (χ2n) is 3.63. The quantitative estimate of drug-likeness (QED) is 0.684. The van der Waals surface area contributed by atoms with Gasteiger partial charge in [0.05, 0.1) is 4.90 Å². The number of sulfonamides is 1. The third kappa shape index (κ3) is 3.56. The molecule has 6 heteroatoms. The van der Waals surface area contributed by atoms with E-state index in [2.05, 4.69) is 4.40 Å². The Hall–Kier alpha value is -2.34. The van der Waals surface area contributed by atoms with Gasteiger partial charge in [0.2, 0.25) is 0 Å². The van der Waals surface area contributed by atoms with Crippen LogP contribution in [0.1, 0.15) is 0 Å². The average Bonchev–Trinajstić information content (AvgIpc) is 2.40. The summed E-state index contributed by atoms with van der Waals surface area (Å²) in [5, 5.41) is 0. The van der Waals surface area contributed by atoms with Crippen molar-refractivity contribution in [3.8, 4) is 5.75 Å². The lowest BCUT2D eigenvalue weighted by Crippen LogP contribution is -2.21. The molecule has 2 N–H and O–H groups in total. The molecule has 2 aromatic rings. The molecule has 0 spiro atoms. The fourth-order valence-corrected chi connectivity index (χ4v) is 2.27. The van der Waals surface area contributed by atoms with Crippen LogP contribution < -0.4 is 10.5 Å². The molecule has 0 aliphatic carbocycles. The number of hydrogen-bond acceptors (Lipinski definition) is 3. The summed E-state index contributed by atoms with van der Waals surface area (Å²) < 4.78 is 32.3. The zero-order valence-corrected chi connectivity index (χ0v) is 10.7. The van der Waals surface area contributed by atoms with Crippen molar-refractivity contribution >= 4 is 16.0 Å². The number of para-hydroxylation sites is 1. The molecular weight excluding hydrogens is 264 g/mol. The standard InChI is InChI=1S/C13H12N2O3S/c14-13(18-11-7-3-1-4-8-11)15-19(16,17)12-9-5-2-6-10-12/h1-10H,(H2,14,15). The Balaban J connectivity index is 2.21. The van der Waals surface area contributed by atoms with Crippen LogP contribution in [-0.4, -0.2) is 14.4 Å². The molecule has 0 atom stereocenters. The van der Waals surface area contributed by atoms with Crippen molar-refractivity contribution in [2.75, 3.05) is 0 Å². The monoisotopic (exact) mass is 276 g/mol. The molecule has 0 aromatic heterocycles. The van der Waals surface area contributed by atoms with Crippen molar-refractivity contribution < 1.29 is 13.2 Å². The van der Waals surface area contributed by atoms with Crippen LogP contribution in [0.5, 0.6) is 5.75 Å². The predicted molar refractivity (Wildman–Crippen MR) is 72.3 cm³/mol. The molecule has 0 aliphatic rings. The molecule has 19 heavy (non-hydrogen) atoms. The Labute approximate surface area is 111 Å². The number of benzene rings is 2. The molecule has 0 amide bonds. The van der Waals surface area contributed by atoms with Crippen LogP contribution in [-0.2, 0) is 10.0 Å². The van der Waals surface area contributed by atoms with E-state index in [1.165, 1.54) is 12.1 Å². The first-order valence-corrected chi connectivity index (χ1v) is 6.90. The molecule has 0 radical (unpaired) electrons. The minimum absolute atomic E-state index is 0.0645. The first kappa shape index (κ1) is 13.1. The summed E-state index contributed by atoms with van der Waals surface area (Å²) in [5.41, 5.74) is 5.48. The van der Waals surface area contributed by atoms with E-state index in [0.29, 0.717) is 5.75 Å². The van der Waals surface area contributed by atoms with Gasteiger partial charge in [0.25, 0.3) is 10.0 Å². The second kappa shape index (κ2) is 5.53. The smallest absolute Gasteiger partial charge is 0.303 e. The maximum Gasteiger partial charge on any atom is 0.303 e. The van der Waals surface area contributed by atoms with E-state index in [4.69, 9.17) is 10.5 Å². The highest BCUT2D eigenvalue weighted by molar-refractivity contribution is 7.90. The van der Waals surface area contributed by atoms with Crippen molar-refractivity contribution in [2.45, 2.75) is 4.90 Å². The third-order valence-electron chi connectivity index (χ3n) is 2.22. The summed E-state index contributed by atoms with van der Waals surface area (Å²) in [4.78, 5) is 0.0645. The van der Waals surface area contributed by atoms with Crippen molar-refractivity contribution in [1.29, 1.82) is 0 Å². The lowest BCUT2D eigenvalue weighted by atomic mass is 10.3. The minimum Gasteiger partial charge on any atom is -0.426 e. The van der Waals surface area contributed by atoms with Crippen LogP contribution in [0.25, 0.3) is 0 Å². The van der Waals surface area contributed by atoms with E-state index >= 15 is 0 Å². The molecule has 98 valence electrons. The van der Waals surface area contributed by atoms with Crippen molar-refractivity contribution in [3.63, 3.8) is 0 Å². The molecule has 0 aliphatic heterocycles. The van der Waals surface area contributed by atoms with Gasteiger partial charge in [-0.05, 0) is 24.3 Å². The molecule has 0 unspecified atom stereocenters. The summed E-state index contributed by atoms with van der Waals surface area (Å²) in [7, 11) is -3.84. The van der Waals surface area contributed by atoms with Gasteiger partial charge in [0.15, 0.2) is 0 Å². The molecule has 0 saturated carbocycles. The fourth-order valence-electron chi connectivity index (χ4n) is 1.39. The average molecular weight is 276 g/mol. The van der Waals surface area contributed by atoms with Gasteiger partial charge in [-0.3, -0.25) is 0 Å². The molecule has 5 nitrogen and oxygen atoms in total. The number of amidine groups is 1. The normalized spacial score (nSPS) is 12.1. The van der Waals surface area contributed by atoms with E-state index in [0.717, 1.165) is 0 Å². The molecular formula is C13H12N2O3S. The van der Waals surface area contributed by atoms with E-state index in [9.17, 15) is 8.42 Å². The number of nitrogens with two attached hydrogens (primary N) is 1. The fraction of sp³-hybridized carbons (Fsp3) is 0. The maximum absolute atomic E-state index is 11.9. The van der Waals surface area contributed by atoms with Crippen LogP contribution in [0.15, 0.2) is 70.0 Å². The second-order valence-corrected chi connectivity index (χ2v) is 5.24. The van der Waals surface area contributed by atoms with E-state index < -0.39 is 16.0 Å². The number of hydrogen-bond donors (Lipinski definition) is 1. The zero-order chi connectivity index (χ0) is 13.7. The van der Waals surface area contributed by atoms with Gasteiger partial charge in [0, 0.05) is 0 Å². The molecule has 2 aromatic carbocycles. The highest BCUT2D eigenvalue weighted by Gasteiger charge is 2.13. The first-order chi connectivity index (χ1) is 9.08. The zero-order valence-electron chi connectivity index (χ0n) is 9.93. The highest BCUT2D eigenvalue weighted by Crippen LogP contribution is 2.12. The van der Waals surface area contributed by atoms with Crippen LogP contribution in [0, 0.1) is 0 Å². The van der Waals surface area contributed by atoms with Gasteiger partial charge in [-0.25, -0.2) is 0 Å². The molecule has 0 heterocycles. The Morgan fingerprint density at radius 2 is 1.47 bits per heavy atom. The van der Waals surface area contributed by atoms with Gasteiger partial charge in [0.1, 0.15) is 5.75 Å². The van der Waals surface area contributed by atoms with Crippen LogP contribution in [0.3, 0.4) is 0 Å². The SMILES string of the molecule is NC(=NS(=O)(=O)c1ccccc1)Oc1ccccc1. The van der Waals surface area contributed by atoms with Crippen LogP contribution in [0.2, 0.25) is 0 Å². The van der Waals surface area contributed by atoms with E-state index in [1.807, 2.05) is 0 Å². The molecule has 0 fully saturated rings. The summed E-state index contributed by atoms with van der Waals surface area (Å²) in [6.45, 7) is 0. The molecule has 0 saturated heterocycles. The Bertz CT molecular complexity index is 668. The number of nitrogens with zero attached hydrogens (tertiary/aromatic N) is 1. The lowest BCUT2D eigenvalue weighted by Gasteiger charge is -2.04. The third-order valence-corrected chi connectivity index (χ3v) is 3.51. The van der Waals surface area contributed by atoms with Crippen molar-refractivity contribution in [1.82, 2.24) is 0 Å². The topological polar surface area (TPSA) is 81.8 Å². The molecule has 2 rings (SSSR count). The van der Waals surface area contributed by atoms with Gasteiger partial charge < -0.3 is 10.5 Å². The van der Waals surface area contributed by atoms with Crippen LogP contribution >= 0.6 is 0 Å². The summed E-state index contributed by atoms with van der Waals surface area (Å²) in [6, 6.07) is 16.0. The van der Waals surface area contributed by atoms with Gasteiger partial charge in [-0.1, -0.05) is 36.4 Å². The summed E-state index contributed by atoms with van der Waals surface area (Å²) >= 11 is 0. The van der Waals surface area contributed by atoms with Crippen molar-refractivity contribution in [2.24, 2.45) is 10.1 Å². The van der Waals surface area contributed by atoms with Gasteiger partial charge in [-0.2, -0.15) is 8.42 Å². The van der Waals surface area contributed by atoms with Crippen LogP contribution in [0.4, 0.5) is 0 Å². The lowest BCUT2D eigenvalue weighted by molar-refractivity contribution is 0.541. The number of ether oxygens (including phenoxy) is 1. The number of rotatable bonds is 3. The Kier molecular flexibility index (Phi) is 3.82. The van der Waals surface area contributed by atoms with E-state index in [-0.39, 0.29) is 4.90 Å². The van der Waals surface area contributed by atoms with Gasteiger partial charge in [-0.15, -0.1) is 4.40 Å². The minimum atomic E-state index is -3.84. The Morgan fingerprint density at radius 1 is 0.947 bits per heavy atom. The van der Waals surface area contributed by atoms with Gasteiger partial charge >= 0.3 is 6.02 Å². The molecule has 0 bridgehead atoms. The highest BCUT2D eigenvalue weighted by atomic mass is 32.2. The maximum atomic E-state index is 11.9. The summed E-state index contributed by atoms with van der Waals surface area (Å²) in [5.74, 6) is 0.423. The Morgan fingerprint density at radius 3 is 2.05 bits per heavy atom. The largest absolute Gasteiger partial charge is 0.426 e. The predicted octanol–water partition coefficient (Wildman–Crippen LogP) is 1.77. The summed E-state index contributed by atoms with van der Waals surface area (Å²) in [6.07, 6.45) is 0. The van der Waals surface area contributed by atoms with Crippen molar-refractivity contribution in [3.05, 3.63) is 60.7 Å².